The predicted molar refractivity (Wildman–Crippen MR) is 184 cm³/mol. The SMILES string of the molecule is C=CN(/C=C\C(C)CC)c1c(O)cc(NC(=O)c2ccc(Cc3ccc4c(c3)c(C)c(C)n4CCC(C)CC)cc2)cc1O. The summed E-state index contributed by atoms with van der Waals surface area (Å²) in [6.45, 7) is 18.0. The van der Waals surface area contributed by atoms with Gasteiger partial charge in [0.1, 0.15) is 17.2 Å². The van der Waals surface area contributed by atoms with Crippen molar-refractivity contribution in [1.82, 2.24) is 4.57 Å². The highest BCUT2D eigenvalue weighted by Gasteiger charge is 2.17. The Labute approximate surface area is 262 Å². The van der Waals surface area contributed by atoms with Gasteiger partial charge in [0, 0.05) is 58.9 Å². The molecule has 0 radical (unpaired) electrons. The number of benzene rings is 3. The van der Waals surface area contributed by atoms with Crippen molar-refractivity contribution in [2.45, 2.75) is 73.8 Å². The predicted octanol–water partition coefficient (Wildman–Crippen LogP) is 9.46. The smallest absolute Gasteiger partial charge is 0.255 e. The maximum atomic E-state index is 13.0. The normalized spacial score (nSPS) is 12.9. The number of aryl methyl sites for hydroxylation is 2. The van der Waals surface area contributed by atoms with Crippen LogP contribution in [0.15, 0.2) is 79.7 Å². The zero-order valence-corrected chi connectivity index (χ0v) is 27.0. The van der Waals surface area contributed by atoms with Gasteiger partial charge in [0.05, 0.1) is 0 Å². The van der Waals surface area contributed by atoms with Crippen molar-refractivity contribution >= 4 is 28.2 Å². The molecule has 3 aromatic carbocycles. The van der Waals surface area contributed by atoms with E-state index in [0.29, 0.717) is 23.1 Å². The second-order valence-electron chi connectivity index (χ2n) is 12.0. The molecule has 6 heteroatoms. The van der Waals surface area contributed by atoms with E-state index >= 15 is 0 Å². The zero-order chi connectivity index (χ0) is 32.0. The second-order valence-corrected chi connectivity index (χ2v) is 12.0. The van der Waals surface area contributed by atoms with E-state index in [1.165, 1.54) is 58.9 Å². The fourth-order valence-electron chi connectivity index (χ4n) is 5.40. The van der Waals surface area contributed by atoms with Gasteiger partial charge in [-0.15, -0.1) is 0 Å². The minimum absolute atomic E-state index is 0.169. The van der Waals surface area contributed by atoms with Crippen molar-refractivity contribution in [2.75, 3.05) is 10.2 Å². The summed E-state index contributed by atoms with van der Waals surface area (Å²) in [5, 5.41) is 25.4. The standard InChI is InChI=1S/C38H47N3O3/c1-8-25(4)17-19-40(10-3)37-35(42)23-32(24-36(37)43)39-38(44)31-14-11-29(12-15-31)21-30-13-16-34-33(22-30)27(6)28(7)41(34)20-18-26(5)9-2/h10-17,19,22-26,42-43H,3,8-9,18,20-21H2,1-2,4-7H3,(H,39,44)/b19-17-. The Morgan fingerprint density at radius 3 is 2.25 bits per heavy atom. The first-order valence-corrected chi connectivity index (χ1v) is 15.7. The van der Waals surface area contributed by atoms with E-state index in [-0.39, 0.29) is 23.1 Å². The number of nitrogens with one attached hydrogen (secondary N) is 1. The average Bonchev–Trinajstić information content (AvgIpc) is 3.25. The topological polar surface area (TPSA) is 77.7 Å². The van der Waals surface area contributed by atoms with Gasteiger partial charge in [-0.05, 0) is 79.5 Å². The van der Waals surface area contributed by atoms with Gasteiger partial charge in [0.25, 0.3) is 5.91 Å². The van der Waals surface area contributed by atoms with Crippen LogP contribution >= 0.6 is 0 Å². The van der Waals surface area contributed by atoms with E-state index < -0.39 is 0 Å². The highest BCUT2D eigenvalue weighted by Crippen LogP contribution is 2.40. The summed E-state index contributed by atoms with van der Waals surface area (Å²) < 4.78 is 2.46. The summed E-state index contributed by atoms with van der Waals surface area (Å²) in [5.41, 5.74) is 7.30. The van der Waals surface area contributed by atoms with Crippen molar-refractivity contribution in [3.63, 3.8) is 0 Å². The number of allylic oxidation sites excluding steroid dienone is 1. The van der Waals surface area contributed by atoms with Gasteiger partial charge in [-0.25, -0.2) is 0 Å². The molecule has 1 amide bonds. The molecule has 0 saturated carbocycles. The van der Waals surface area contributed by atoms with E-state index in [2.05, 4.69) is 76.2 Å². The Balaban J connectivity index is 1.45. The summed E-state index contributed by atoms with van der Waals surface area (Å²) in [7, 11) is 0. The van der Waals surface area contributed by atoms with Crippen LogP contribution < -0.4 is 10.2 Å². The summed E-state index contributed by atoms with van der Waals surface area (Å²) in [6.07, 6.45) is 9.37. The molecule has 4 aromatic rings. The number of aromatic nitrogens is 1. The van der Waals surface area contributed by atoms with Gasteiger partial charge in [-0.1, -0.05) is 71.4 Å². The van der Waals surface area contributed by atoms with E-state index in [1.807, 2.05) is 18.2 Å². The minimum atomic E-state index is -0.327. The molecule has 0 fully saturated rings. The summed E-state index contributed by atoms with van der Waals surface area (Å²) in [4.78, 5) is 14.6. The molecule has 0 spiro atoms. The Hall–Kier alpha value is -4.45. The van der Waals surface area contributed by atoms with Crippen LogP contribution in [0, 0.1) is 25.7 Å². The molecule has 44 heavy (non-hydrogen) atoms. The highest BCUT2D eigenvalue weighted by molar-refractivity contribution is 6.04. The van der Waals surface area contributed by atoms with Crippen LogP contribution in [0.4, 0.5) is 11.4 Å². The third kappa shape index (κ3) is 7.36. The lowest BCUT2D eigenvalue weighted by molar-refractivity contribution is 0.102. The third-order valence-corrected chi connectivity index (χ3v) is 8.87. The molecule has 0 aliphatic heterocycles. The summed E-state index contributed by atoms with van der Waals surface area (Å²) >= 11 is 0. The fraction of sp³-hybridized carbons (Fsp3) is 0.342. The number of hydrogen-bond acceptors (Lipinski definition) is 4. The van der Waals surface area contributed by atoms with Crippen LogP contribution in [0.5, 0.6) is 11.5 Å². The molecule has 2 atom stereocenters. The third-order valence-electron chi connectivity index (χ3n) is 8.87. The Kier molecular flexibility index (Phi) is 10.6. The number of phenols is 2. The zero-order valence-electron chi connectivity index (χ0n) is 27.0. The lowest BCUT2D eigenvalue weighted by Crippen LogP contribution is -2.12. The molecule has 2 unspecified atom stereocenters. The van der Waals surface area contributed by atoms with Crippen molar-refractivity contribution < 1.29 is 15.0 Å². The van der Waals surface area contributed by atoms with Crippen molar-refractivity contribution in [1.29, 1.82) is 0 Å². The summed E-state index contributed by atoms with van der Waals surface area (Å²) in [6, 6.07) is 17.1. The Morgan fingerprint density at radius 2 is 1.64 bits per heavy atom. The first-order valence-electron chi connectivity index (χ1n) is 15.7. The van der Waals surface area contributed by atoms with Crippen LogP contribution in [0.2, 0.25) is 0 Å². The Bertz CT molecular complexity index is 1630. The molecule has 232 valence electrons. The second kappa shape index (κ2) is 14.3. The number of carbonyl (C=O) groups is 1. The number of fused-ring (bicyclic) bond motifs is 1. The Morgan fingerprint density at radius 1 is 0.977 bits per heavy atom. The van der Waals surface area contributed by atoms with Gasteiger partial charge in [0.15, 0.2) is 0 Å². The van der Waals surface area contributed by atoms with Crippen LogP contribution in [0.25, 0.3) is 10.9 Å². The monoisotopic (exact) mass is 593 g/mol. The van der Waals surface area contributed by atoms with Crippen molar-refractivity contribution in [3.8, 4) is 11.5 Å². The lowest BCUT2D eigenvalue weighted by Gasteiger charge is -2.20. The molecule has 1 heterocycles. The molecular weight excluding hydrogens is 546 g/mol. The first kappa shape index (κ1) is 32.5. The van der Waals surface area contributed by atoms with Crippen molar-refractivity contribution in [2.24, 2.45) is 11.8 Å². The van der Waals surface area contributed by atoms with Crippen LogP contribution in [0.1, 0.15) is 79.7 Å². The number of nitrogens with zero attached hydrogens (tertiary/aromatic N) is 2. The maximum Gasteiger partial charge on any atom is 0.255 e. The minimum Gasteiger partial charge on any atom is -0.506 e. The molecule has 0 aliphatic rings. The molecule has 1 aromatic heterocycles. The quantitative estimate of drug-likeness (QED) is 0.144. The molecule has 4 rings (SSSR count). The van der Waals surface area contributed by atoms with Gasteiger partial charge in [-0.3, -0.25) is 4.79 Å². The van der Waals surface area contributed by atoms with E-state index in [0.717, 1.165) is 24.9 Å². The average molecular weight is 594 g/mol. The number of hydrogen-bond donors (Lipinski definition) is 3. The largest absolute Gasteiger partial charge is 0.506 e. The van der Waals surface area contributed by atoms with Crippen LogP contribution in [-0.4, -0.2) is 20.7 Å². The highest BCUT2D eigenvalue weighted by atomic mass is 16.3. The number of aromatic hydroxyl groups is 2. The number of amides is 1. The van der Waals surface area contributed by atoms with Crippen LogP contribution in [-0.2, 0) is 13.0 Å². The molecule has 0 saturated heterocycles. The van der Waals surface area contributed by atoms with Gasteiger partial charge >= 0.3 is 0 Å². The van der Waals surface area contributed by atoms with Gasteiger partial charge < -0.3 is 25.0 Å². The first-order chi connectivity index (χ1) is 21.1. The van der Waals surface area contributed by atoms with Crippen LogP contribution in [0.3, 0.4) is 0 Å². The number of carbonyl (C=O) groups excluding carboxylic acids is 1. The number of rotatable bonds is 13. The van der Waals surface area contributed by atoms with E-state index in [1.54, 1.807) is 23.2 Å². The number of anilines is 2. The maximum absolute atomic E-state index is 13.0. The lowest BCUT2D eigenvalue weighted by atomic mass is 10.0. The van der Waals surface area contributed by atoms with Crippen molar-refractivity contribution in [3.05, 3.63) is 108 Å². The molecule has 6 nitrogen and oxygen atoms in total. The van der Waals surface area contributed by atoms with Gasteiger partial charge in [0.2, 0.25) is 0 Å². The molecular formula is C38H47N3O3. The molecule has 0 aliphatic carbocycles. The summed E-state index contributed by atoms with van der Waals surface area (Å²) in [5.74, 6) is 0.383. The fourth-order valence-corrected chi connectivity index (χ4v) is 5.40. The molecule has 3 N–H and O–H groups in total. The molecule has 0 bridgehead atoms. The van der Waals surface area contributed by atoms with E-state index in [9.17, 15) is 15.0 Å². The number of phenolic OH excluding ortho intramolecular Hbond substituents is 2. The van der Waals surface area contributed by atoms with E-state index in [4.69, 9.17) is 0 Å². The van der Waals surface area contributed by atoms with Gasteiger partial charge in [-0.2, -0.15) is 0 Å².